The van der Waals surface area contributed by atoms with Crippen LogP contribution in [0.15, 0.2) is 186 Å². The second-order valence-corrected chi connectivity index (χ2v) is 13.2. The first kappa shape index (κ1) is 29.1. The molecule has 1 aliphatic rings. The molecule has 1 unspecified atom stereocenters. The van der Waals surface area contributed by atoms with E-state index in [2.05, 4.69) is 157 Å². The topological polar surface area (TPSA) is 36.8 Å². The van der Waals surface area contributed by atoms with Gasteiger partial charge in [-0.1, -0.05) is 170 Å². The van der Waals surface area contributed by atoms with Gasteiger partial charge in [-0.25, -0.2) is 9.98 Å². The molecule has 0 amide bonds. The SMILES string of the molecule is c1ccc(C2=NC(c3ccccc3)NC(c3cccc(-c4cccc5c4sc4c(-c6ccc(-c7ccccc7)cc6)cccc45)c3)=N2)cc1. The van der Waals surface area contributed by atoms with Gasteiger partial charge in [-0.05, 0) is 45.0 Å². The van der Waals surface area contributed by atoms with Crippen LogP contribution in [0.4, 0.5) is 0 Å². The molecule has 1 aliphatic heterocycles. The smallest absolute Gasteiger partial charge is 0.159 e. The Labute approximate surface area is 289 Å². The summed E-state index contributed by atoms with van der Waals surface area (Å²) in [7, 11) is 0. The molecule has 9 rings (SSSR count). The Bertz CT molecular complexity index is 2500. The normalized spacial score (nSPS) is 14.3. The maximum Gasteiger partial charge on any atom is 0.159 e. The van der Waals surface area contributed by atoms with Crippen molar-refractivity contribution in [3.8, 4) is 33.4 Å². The van der Waals surface area contributed by atoms with Crippen LogP contribution in [0.2, 0.25) is 0 Å². The number of rotatable bonds is 6. The minimum atomic E-state index is -0.237. The Morgan fingerprint density at radius 1 is 0.429 bits per heavy atom. The van der Waals surface area contributed by atoms with Gasteiger partial charge in [0.2, 0.25) is 0 Å². The van der Waals surface area contributed by atoms with Gasteiger partial charge in [0, 0.05) is 31.3 Å². The molecule has 0 aliphatic carbocycles. The van der Waals surface area contributed by atoms with Crippen LogP contribution < -0.4 is 5.32 Å². The summed E-state index contributed by atoms with van der Waals surface area (Å²) in [6.45, 7) is 0. The molecule has 0 saturated heterocycles. The molecule has 0 fully saturated rings. The predicted molar refractivity (Wildman–Crippen MR) is 207 cm³/mol. The van der Waals surface area contributed by atoms with Crippen molar-refractivity contribution in [2.75, 3.05) is 0 Å². The molecule has 0 spiro atoms. The van der Waals surface area contributed by atoms with Crippen LogP contribution in [0.1, 0.15) is 22.9 Å². The van der Waals surface area contributed by atoms with Gasteiger partial charge in [0.05, 0.1) is 0 Å². The molecular formula is C45H31N3S. The Hall–Kier alpha value is -6.10. The first-order chi connectivity index (χ1) is 24.3. The fraction of sp³-hybridized carbons (Fsp3) is 0.0222. The van der Waals surface area contributed by atoms with E-state index < -0.39 is 0 Å². The van der Waals surface area contributed by atoms with E-state index in [1.165, 1.54) is 48.0 Å². The van der Waals surface area contributed by atoms with E-state index in [1.54, 1.807) is 0 Å². The maximum atomic E-state index is 5.06. The van der Waals surface area contributed by atoms with Gasteiger partial charge < -0.3 is 5.32 Å². The zero-order valence-electron chi connectivity index (χ0n) is 26.6. The van der Waals surface area contributed by atoms with Gasteiger partial charge >= 0.3 is 0 Å². The van der Waals surface area contributed by atoms with Gasteiger partial charge in [-0.15, -0.1) is 11.3 Å². The highest BCUT2D eigenvalue weighted by atomic mass is 32.1. The molecule has 3 nitrogen and oxygen atoms in total. The third-order valence-electron chi connectivity index (χ3n) is 9.16. The van der Waals surface area contributed by atoms with Crippen molar-refractivity contribution in [1.82, 2.24) is 5.32 Å². The number of benzene rings is 7. The molecule has 0 radical (unpaired) electrons. The van der Waals surface area contributed by atoms with Gasteiger partial charge in [-0.2, -0.15) is 0 Å². The third-order valence-corrected chi connectivity index (χ3v) is 10.5. The fourth-order valence-corrected chi connectivity index (χ4v) is 8.07. The molecule has 1 aromatic heterocycles. The zero-order valence-corrected chi connectivity index (χ0v) is 27.4. The second kappa shape index (κ2) is 12.5. The molecule has 4 heteroatoms. The molecule has 0 bridgehead atoms. The Balaban J connectivity index is 1.11. The lowest BCUT2D eigenvalue weighted by Gasteiger charge is -2.24. The molecule has 49 heavy (non-hydrogen) atoms. The summed E-state index contributed by atoms with van der Waals surface area (Å²) >= 11 is 1.88. The molecule has 1 atom stereocenters. The third kappa shape index (κ3) is 5.52. The quantitative estimate of drug-likeness (QED) is 0.192. The van der Waals surface area contributed by atoms with Crippen molar-refractivity contribution in [1.29, 1.82) is 0 Å². The number of fused-ring (bicyclic) bond motifs is 3. The minimum absolute atomic E-state index is 0.237. The number of hydrogen-bond acceptors (Lipinski definition) is 4. The van der Waals surface area contributed by atoms with E-state index in [4.69, 9.17) is 9.98 Å². The minimum Gasteiger partial charge on any atom is -0.344 e. The summed E-state index contributed by atoms with van der Waals surface area (Å²) in [6.07, 6.45) is -0.237. The van der Waals surface area contributed by atoms with Crippen molar-refractivity contribution < 1.29 is 0 Å². The van der Waals surface area contributed by atoms with Crippen molar-refractivity contribution >= 4 is 43.2 Å². The highest BCUT2D eigenvalue weighted by Crippen LogP contribution is 2.44. The highest BCUT2D eigenvalue weighted by molar-refractivity contribution is 7.26. The molecule has 0 saturated carbocycles. The van der Waals surface area contributed by atoms with Crippen LogP contribution in [0, 0.1) is 0 Å². The average Bonchev–Trinajstić information content (AvgIpc) is 3.58. The van der Waals surface area contributed by atoms with Crippen LogP contribution in [-0.2, 0) is 0 Å². The molecule has 232 valence electrons. The Kier molecular flexibility index (Phi) is 7.41. The summed E-state index contributed by atoms with van der Waals surface area (Å²) in [5, 5.41) is 6.19. The van der Waals surface area contributed by atoms with E-state index in [0.717, 1.165) is 33.9 Å². The van der Waals surface area contributed by atoms with E-state index in [1.807, 2.05) is 35.6 Å². The van der Waals surface area contributed by atoms with Crippen LogP contribution in [-0.4, -0.2) is 11.7 Å². The molecule has 1 N–H and O–H groups in total. The number of thiophene rings is 1. The lowest BCUT2D eigenvalue weighted by Crippen LogP contribution is -2.33. The summed E-state index contributed by atoms with van der Waals surface area (Å²) in [4.78, 5) is 10.1. The molecular weight excluding hydrogens is 615 g/mol. The van der Waals surface area contributed by atoms with Crippen LogP contribution in [0.25, 0.3) is 53.6 Å². The van der Waals surface area contributed by atoms with E-state index in [0.29, 0.717) is 0 Å². The second-order valence-electron chi connectivity index (χ2n) is 12.2. The average molecular weight is 646 g/mol. The standard InChI is InChI=1S/C45H31N3S/c1-4-13-30(14-5-1)31-25-27-32(28-26-31)37-21-11-23-39-40-24-12-22-38(42(40)49-41(37)39)35-19-10-20-36(29-35)45-47-43(33-15-6-2-7-16-33)46-44(48-45)34-17-8-3-9-18-34/h1-29,43H,(H,46,47,48). The maximum absolute atomic E-state index is 5.06. The largest absolute Gasteiger partial charge is 0.344 e. The van der Waals surface area contributed by atoms with Gasteiger partial charge in [0.25, 0.3) is 0 Å². The molecule has 7 aromatic carbocycles. The number of nitrogens with zero attached hydrogens (tertiary/aromatic N) is 2. The first-order valence-corrected chi connectivity index (χ1v) is 17.3. The van der Waals surface area contributed by atoms with Crippen molar-refractivity contribution in [3.05, 3.63) is 193 Å². The van der Waals surface area contributed by atoms with E-state index in [9.17, 15) is 0 Å². The number of nitrogens with one attached hydrogen (secondary N) is 1. The summed E-state index contributed by atoms with van der Waals surface area (Å²) in [5.41, 5.74) is 10.5. The fourth-order valence-electron chi connectivity index (χ4n) is 6.70. The van der Waals surface area contributed by atoms with E-state index >= 15 is 0 Å². The first-order valence-electron chi connectivity index (χ1n) is 16.5. The van der Waals surface area contributed by atoms with Crippen molar-refractivity contribution in [2.45, 2.75) is 6.17 Å². The summed E-state index contributed by atoms with van der Waals surface area (Å²) in [6, 6.07) is 62.2. The summed E-state index contributed by atoms with van der Waals surface area (Å²) in [5.74, 6) is 1.54. The van der Waals surface area contributed by atoms with Gasteiger partial charge in [-0.3, -0.25) is 0 Å². The van der Waals surface area contributed by atoms with Gasteiger partial charge in [0.1, 0.15) is 12.0 Å². The predicted octanol–water partition coefficient (Wildman–Crippen LogP) is 11.6. The monoisotopic (exact) mass is 645 g/mol. The summed E-state index contributed by atoms with van der Waals surface area (Å²) < 4.78 is 2.59. The molecule has 8 aromatic rings. The lowest BCUT2D eigenvalue weighted by molar-refractivity contribution is 0.674. The van der Waals surface area contributed by atoms with Gasteiger partial charge in [0.15, 0.2) is 5.84 Å². The van der Waals surface area contributed by atoms with Crippen LogP contribution in [0.5, 0.6) is 0 Å². The Morgan fingerprint density at radius 2 is 0.939 bits per heavy atom. The van der Waals surface area contributed by atoms with Crippen LogP contribution >= 0.6 is 11.3 Å². The van der Waals surface area contributed by atoms with Crippen molar-refractivity contribution in [2.24, 2.45) is 9.98 Å². The van der Waals surface area contributed by atoms with Crippen LogP contribution in [0.3, 0.4) is 0 Å². The zero-order chi connectivity index (χ0) is 32.6. The Morgan fingerprint density at radius 3 is 1.61 bits per heavy atom. The number of amidine groups is 2. The van der Waals surface area contributed by atoms with Crippen molar-refractivity contribution in [3.63, 3.8) is 0 Å². The number of hydrogen-bond donors (Lipinski definition) is 1. The number of aliphatic imine (C=N–C) groups is 2. The van der Waals surface area contributed by atoms with E-state index in [-0.39, 0.29) is 6.17 Å². The molecule has 2 heterocycles. The lowest BCUT2D eigenvalue weighted by atomic mass is 9.98. The highest BCUT2D eigenvalue weighted by Gasteiger charge is 2.21.